The van der Waals surface area contributed by atoms with Crippen molar-refractivity contribution in [3.05, 3.63) is 0 Å². The van der Waals surface area contributed by atoms with Crippen molar-refractivity contribution in [3.8, 4) is 0 Å². The molecule has 17 heavy (non-hydrogen) atoms. The summed E-state index contributed by atoms with van der Waals surface area (Å²) in [5.74, 6) is 0.311. The average Bonchev–Trinajstić information content (AvgIpc) is 2.30. The fourth-order valence-corrected chi connectivity index (χ4v) is 4.36. The summed E-state index contributed by atoms with van der Waals surface area (Å²) in [6, 6.07) is 0.432. The van der Waals surface area contributed by atoms with Crippen LogP contribution in [0.5, 0.6) is 0 Å². The van der Waals surface area contributed by atoms with Gasteiger partial charge < -0.3 is 5.32 Å². The zero-order valence-electron chi connectivity index (χ0n) is 11.2. The lowest BCUT2D eigenvalue weighted by molar-refractivity contribution is 0.479. The van der Waals surface area contributed by atoms with Gasteiger partial charge in [0.25, 0.3) is 0 Å². The molecule has 1 aliphatic rings. The number of hydrogen-bond acceptors (Lipinski definition) is 3. The Bertz CT molecular complexity index is 295. The molecule has 1 atom stereocenters. The highest BCUT2D eigenvalue weighted by molar-refractivity contribution is 7.92. The van der Waals surface area contributed by atoms with E-state index in [4.69, 9.17) is 0 Å². The molecular weight excluding hydrogens is 234 g/mol. The molecule has 0 aromatic carbocycles. The summed E-state index contributed by atoms with van der Waals surface area (Å²) in [6.07, 6.45) is 7.40. The molecule has 0 saturated heterocycles. The van der Waals surface area contributed by atoms with Crippen molar-refractivity contribution in [2.24, 2.45) is 0 Å². The third-order valence-electron chi connectivity index (χ3n) is 3.66. The van der Waals surface area contributed by atoms with Gasteiger partial charge in [0.05, 0.1) is 11.0 Å². The van der Waals surface area contributed by atoms with Crippen molar-refractivity contribution < 1.29 is 8.42 Å². The van der Waals surface area contributed by atoms with E-state index in [1.807, 2.05) is 0 Å². The number of nitrogens with one attached hydrogen (secondary N) is 1. The minimum absolute atomic E-state index is 0.0560. The fraction of sp³-hybridized carbons (Fsp3) is 1.00. The van der Waals surface area contributed by atoms with E-state index >= 15 is 0 Å². The first-order valence-electron chi connectivity index (χ1n) is 7.01. The van der Waals surface area contributed by atoms with Gasteiger partial charge in [0, 0.05) is 12.6 Å². The minimum Gasteiger partial charge on any atom is -0.313 e. The Kier molecular flexibility index (Phi) is 6.49. The van der Waals surface area contributed by atoms with E-state index in [9.17, 15) is 8.42 Å². The van der Waals surface area contributed by atoms with Gasteiger partial charge in [-0.3, -0.25) is 0 Å². The number of hydrogen-bond donors (Lipinski definition) is 1. The Balaban J connectivity index is 2.29. The van der Waals surface area contributed by atoms with Gasteiger partial charge in [-0.2, -0.15) is 0 Å². The van der Waals surface area contributed by atoms with Crippen LogP contribution in [-0.2, 0) is 9.84 Å². The molecule has 1 rings (SSSR count). The lowest BCUT2D eigenvalue weighted by atomic mass is 10.0. The summed E-state index contributed by atoms with van der Waals surface area (Å²) in [4.78, 5) is 0. The molecule has 0 aliphatic heterocycles. The van der Waals surface area contributed by atoms with Crippen LogP contribution in [0.2, 0.25) is 0 Å². The molecule has 4 heteroatoms. The lowest BCUT2D eigenvalue weighted by Gasteiger charge is -2.22. The van der Waals surface area contributed by atoms with Crippen molar-refractivity contribution in [3.63, 3.8) is 0 Å². The lowest BCUT2D eigenvalue weighted by Crippen LogP contribution is -2.34. The first-order valence-corrected chi connectivity index (χ1v) is 8.72. The van der Waals surface area contributed by atoms with Crippen LogP contribution < -0.4 is 5.32 Å². The molecule has 1 aliphatic carbocycles. The van der Waals surface area contributed by atoms with Crippen molar-refractivity contribution in [1.82, 2.24) is 5.32 Å². The highest BCUT2D eigenvalue weighted by Gasteiger charge is 2.26. The summed E-state index contributed by atoms with van der Waals surface area (Å²) >= 11 is 0. The molecule has 0 radical (unpaired) electrons. The molecule has 102 valence electrons. The Morgan fingerprint density at radius 2 is 1.88 bits per heavy atom. The molecule has 0 aromatic heterocycles. The highest BCUT2D eigenvalue weighted by Crippen LogP contribution is 2.23. The summed E-state index contributed by atoms with van der Waals surface area (Å²) in [5.41, 5.74) is 0. The maximum absolute atomic E-state index is 12.1. The summed E-state index contributed by atoms with van der Waals surface area (Å²) in [6.45, 7) is 4.88. The third kappa shape index (κ3) is 5.38. The van der Waals surface area contributed by atoms with Gasteiger partial charge in [-0.1, -0.05) is 32.6 Å². The predicted octanol–water partition coefficient (Wildman–Crippen LogP) is 2.51. The van der Waals surface area contributed by atoms with Gasteiger partial charge in [0.2, 0.25) is 0 Å². The molecule has 1 N–H and O–H groups in total. The van der Waals surface area contributed by atoms with Crippen molar-refractivity contribution in [1.29, 1.82) is 0 Å². The smallest absolute Gasteiger partial charge is 0.154 e. The van der Waals surface area contributed by atoms with Gasteiger partial charge in [0.15, 0.2) is 9.84 Å². The first-order chi connectivity index (χ1) is 8.06. The second-order valence-electron chi connectivity index (χ2n) is 5.27. The summed E-state index contributed by atoms with van der Waals surface area (Å²) < 4.78 is 24.2. The van der Waals surface area contributed by atoms with E-state index in [2.05, 4.69) is 19.2 Å². The average molecular weight is 261 g/mol. The van der Waals surface area contributed by atoms with E-state index in [1.54, 1.807) is 0 Å². The largest absolute Gasteiger partial charge is 0.313 e. The molecule has 1 saturated carbocycles. The zero-order chi connectivity index (χ0) is 12.7. The van der Waals surface area contributed by atoms with E-state index in [1.165, 1.54) is 6.42 Å². The zero-order valence-corrected chi connectivity index (χ0v) is 12.1. The predicted molar refractivity (Wildman–Crippen MR) is 73.0 cm³/mol. The van der Waals surface area contributed by atoms with Crippen LogP contribution in [-0.4, -0.2) is 32.0 Å². The topological polar surface area (TPSA) is 46.2 Å². The fourth-order valence-electron chi connectivity index (χ4n) is 2.57. The van der Waals surface area contributed by atoms with E-state index in [0.717, 1.165) is 38.5 Å². The molecule has 1 fully saturated rings. The number of sulfone groups is 1. The standard InChI is InChI=1S/C13H27NO2S/c1-3-7-12(2)14-10-11-17(15,16)13-8-5-4-6-9-13/h12-14H,3-11H2,1-2H3. The van der Waals surface area contributed by atoms with Gasteiger partial charge in [-0.15, -0.1) is 0 Å². The van der Waals surface area contributed by atoms with Crippen molar-refractivity contribution in [2.45, 2.75) is 70.1 Å². The maximum atomic E-state index is 12.1. The van der Waals surface area contributed by atoms with E-state index in [0.29, 0.717) is 18.3 Å². The maximum Gasteiger partial charge on any atom is 0.154 e. The van der Waals surface area contributed by atoms with Gasteiger partial charge in [-0.05, 0) is 26.2 Å². The monoisotopic (exact) mass is 261 g/mol. The Hall–Kier alpha value is -0.0900. The molecule has 0 aromatic rings. The Labute approximate surface area is 106 Å². The van der Waals surface area contributed by atoms with Crippen LogP contribution in [0.25, 0.3) is 0 Å². The minimum atomic E-state index is -2.86. The summed E-state index contributed by atoms with van der Waals surface area (Å²) in [5, 5.41) is 3.24. The summed E-state index contributed by atoms with van der Waals surface area (Å²) in [7, 11) is -2.86. The third-order valence-corrected chi connectivity index (χ3v) is 5.92. The second-order valence-corrected chi connectivity index (χ2v) is 7.67. The van der Waals surface area contributed by atoms with Crippen LogP contribution in [0.4, 0.5) is 0 Å². The van der Waals surface area contributed by atoms with Crippen LogP contribution in [0.3, 0.4) is 0 Å². The molecule has 3 nitrogen and oxygen atoms in total. The molecule has 0 heterocycles. The SMILES string of the molecule is CCCC(C)NCCS(=O)(=O)C1CCCCC1. The normalized spacial score (nSPS) is 20.4. The molecule has 0 amide bonds. The first kappa shape index (κ1) is 15.0. The van der Waals surface area contributed by atoms with E-state index in [-0.39, 0.29) is 5.25 Å². The van der Waals surface area contributed by atoms with Gasteiger partial charge in [-0.25, -0.2) is 8.42 Å². The van der Waals surface area contributed by atoms with Crippen LogP contribution in [0.1, 0.15) is 58.8 Å². The number of rotatable bonds is 7. The Morgan fingerprint density at radius 1 is 1.24 bits per heavy atom. The molecule has 0 bridgehead atoms. The highest BCUT2D eigenvalue weighted by atomic mass is 32.2. The molecule has 1 unspecified atom stereocenters. The van der Waals surface area contributed by atoms with Gasteiger partial charge >= 0.3 is 0 Å². The van der Waals surface area contributed by atoms with Gasteiger partial charge in [0.1, 0.15) is 0 Å². The molecular formula is C13H27NO2S. The molecule has 0 spiro atoms. The van der Waals surface area contributed by atoms with E-state index < -0.39 is 9.84 Å². The Morgan fingerprint density at radius 3 is 2.47 bits per heavy atom. The van der Waals surface area contributed by atoms with Crippen LogP contribution in [0.15, 0.2) is 0 Å². The second kappa shape index (κ2) is 7.37. The van der Waals surface area contributed by atoms with Crippen LogP contribution >= 0.6 is 0 Å². The van der Waals surface area contributed by atoms with Crippen molar-refractivity contribution >= 4 is 9.84 Å². The quantitative estimate of drug-likeness (QED) is 0.766. The van der Waals surface area contributed by atoms with Crippen molar-refractivity contribution in [2.75, 3.05) is 12.3 Å². The van der Waals surface area contributed by atoms with Crippen LogP contribution in [0, 0.1) is 0 Å².